The van der Waals surface area contributed by atoms with Gasteiger partial charge < -0.3 is 20.4 Å². The van der Waals surface area contributed by atoms with Crippen molar-refractivity contribution in [1.29, 1.82) is 0 Å². The molecular weight excluding hydrogens is 477 g/mol. The minimum atomic E-state index is -0.0697. The van der Waals surface area contributed by atoms with Gasteiger partial charge in [-0.1, -0.05) is 30.3 Å². The van der Waals surface area contributed by atoms with Crippen molar-refractivity contribution < 1.29 is 4.79 Å². The Balaban J connectivity index is 0.00000300. The lowest BCUT2D eigenvalue weighted by molar-refractivity contribution is 0.0963. The number of anilines is 1. The first-order chi connectivity index (χ1) is 13.7. The number of nitrogens with zero attached hydrogens (tertiary/aromatic N) is 3. The van der Waals surface area contributed by atoms with E-state index >= 15 is 0 Å². The molecule has 0 unspecified atom stereocenters. The summed E-state index contributed by atoms with van der Waals surface area (Å²) in [6, 6.07) is 18.2. The van der Waals surface area contributed by atoms with E-state index in [1.807, 2.05) is 24.3 Å². The Kier molecular flexibility index (Phi) is 9.24. The van der Waals surface area contributed by atoms with E-state index in [2.05, 4.69) is 57.7 Å². The Morgan fingerprint density at radius 1 is 1.00 bits per heavy atom. The maximum absolute atomic E-state index is 11.7. The molecule has 0 radical (unpaired) electrons. The van der Waals surface area contributed by atoms with Crippen LogP contribution in [0.1, 0.15) is 22.8 Å². The monoisotopic (exact) mass is 507 g/mol. The maximum atomic E-state index is 11.7. The fraction of sp³-hybridized carbons (Fsp3) is 0.364. The number of benzene rings is 2. The molecule has 0 bridgehead atoms. The Hall–Kier alpha value is -2.29. The van der Waals surface area contributed by atoms with Crippen molar-refractivity contribution in [3.05, 3.63) is 65.7 Å². The topological polar surface area (TPSA) is 60.0 Å². The van der Waals surface area contributed by atoms with E-state index in [1.54, 1.807) is 7.05 Å². The summed E-state index contributed by atoms with van der Waals surface area (Å²) in [5.74, 6) is 0.880. The van der Waals surface area contributed by atoms with Crippen LogP contribution in [0.2, 0.25) is 0 Å². The molecule has 1 heterocycles. The molecule has 0 aromatic heterocycles. The van der Waals surface area contributed by atoms with Crippen molar-refractivity contribution in [2.45, 2.75) is 13.5 Å². The number of aliphatic imine (C=N–C) groups is 1. The van der Waals surface area contributed by atoms with Gasteiger partial charge in [-0.2, -0.15) is 0 Å². The molecule has 1 aliphatic heterocycles. The zero-order chi connectivity index (χ0) is 19.8. The highest BCUT2D eigenvalue weighted by Gasteiger charge is 2.19. The molecule has 1 fully saturated rings. The van der Waals surface area contributed by atoms with Gasteiger partial charge in [0.15, 0.2) is 5.96 Å². The number of halogens is 1. The van der Waals surface area contributed by atoms with Crippen molar-refractivity contribution in [3.8, 4) is 0 Å². The molecule has 0 aliphatic carbocycles. The van der Waals surface area contributed by atoms with Gasteiger partial charge in [0.25, 0.3) is 5.91 Å². The number of guanidine groups is 1. The largest absolute Gasteiger partial charge is 0.368 e. The van der Waals surface area contributed by atoms with Crippen LogP contribution in [0.25, 0.3) is 0 Å². The van der Waals surface area contributed by atoms with E-state index < -0.39 is 0 Å². The van der Waals surface area contributed by atoms with Crippen LogP contribution in [-0.4, -0.2) is 56.5 Å². The minimum Gasteiger partial charge on any atom is -0.368 e. The Labute approximate surface area is 190 Å². The van der Waals surface area contributed by atoms with E-state index in [0.29, 0.717) is 12.1 Å². The quantitative estimate of drug-likeness (QED) is 0.371. The number of hydrogen-bond acceptors (Lipinski definition) is 3. The van der Waals surface area contributed by atoms with Crippen LogP contribution < -0.4 is 15.5 Å². The van der Waals surface area contributed by atoms with Crippen LogP contribution in [0.5, 0.6) is 0 Å². The van der Waals surface area contributed by atoms with Gasteiger partial charge in [-0.05, 0) is 36.8 Å². The molecule has 1 saturated heterocycles. The van der Waals surface area contributed by atoms with Gasteiger partial charge in [-0.15, -0.1) is 24.0 Å². The normalized spacial score (nSPS) is 14.2. The van der Waals surface area contributed by atoms with E-state index in [-0.39, 0.29) is 29.9 Å². The fourth-order valence-electron chi connectivity index (χ4n) is 3.31. The van der Waals surface area contributed by atoms with Gasteiger partial charge >= 0.3 is 0 Å². The lowest BCUT2D eigenvalue weighted by Gasteiger charge is -2.37. The van der Waals surface area contributed by atoms with Crippen LogP contribution in [-0.2, 0) is 6.54 Å². The number of amides is 1. The average Bonchev–Trinajstić information content (AvgIpc) is 2.77. The van der Waals surface area contributed by atoms with E-state index in [0.717, 1.165) is 44.2 Å². The fourth-order valence-corrected chi connectivity index (χ4v) is 3.31. The summed E-state index contributed by atoms with van der Waals surface area (Å²) < 4.78 is 0. The first kappa shape index (κ1) is 23.0. The van der Waals surface area contributed by atoms with Gasteiger partial charge in [0.05, 0.1) is 6.54 Å². The summed E-state index contributed by atoms with van der Waals surface area (Å²) in [6.07, 6.45) is 0. The van der Waals surface area contributed by atoms with Gasteiger partial charge in [-0.3, -0.25) is 4.79 Å². The number of carbonyl (C=O) groups excluding carboxylic acids is 1. The average molecular weight is 507 g/mol. The summed E-state index contributed by atoms with van der Waals surface area (Å²) in [5, 5.41) is 6.05. The number of hydrogen-bond donors (Lipinski definition) is 2. The predicted molar refractivity (Wildman–Crippen MR) is 130 cm³/mol. The third-order valence-electron chi connectivity index (χ3n) is 4.89. The Bertz CT molecular complexity index is 787. The number of para-hydroxylation sites is 1. The number of piperazine rings is 1. The van der Waals surface area contributed by atoms with Crippen molar-refractivity contribution in [2.24, 2.45) is 4.99 Å². The molecule has 7 heteroatoms. The van der Waals surface area contributed by atoms with Crippen LogP contribution >= 0.6 is 24.0 Å². The van der Waals surface area contributed by atoms with Gasteiger partial charge in [0.2, 0.25) is 0 Å². The Morgan fingerprint density at radius 3 is 2.24 bits per heavy atom. The van der Waals surface area contributed by atoms with Crippen molar-refractivity contribution in [3.63, 3.8) is 0 Å². The predicted octanol–water partition coefficient (Wildman–Crippen LogP) is 2.95. The second kappa shape index (κ2) is 11.6. The van der Waals surface area contributed by atoms with Crippen molar-refractivity contribution >= 4 is 41.5 Å². The molecule has 2 N–H and O–H groups in total. The maximum Gasteiger partial charge on any atom is 0.251 e. The van der Waals surface area contributed by atoms with E-state index in [1.165, 1.54) is 5.69 Å². The summed E-state index contributed by atoms with van der Waals surface area (Å²) in [7, 11) is 1.64. The number of rotatable bonds is 5. The molecule has 0 spiro atoms. The second-order valence-electron chi connectivity index (χ2n) is 6.76. The summed E-state index contributed by atoms with van der Waals surface area (Å²) in [4.78, 5) is 21.2. The lowest BCUT2D eigenvalue weighted by atomic mass is 10.1. The molecule has 2 aromatic carbocycles. The first-order valence-corrected chi connectivity index (χ1v) is 9.85. The molecule has 0 saturated carbocycles. The molecular formula is C22H30IN5O. The summed E-state index contributed by atoms with van der Waals surface area (Å²) in [5.41, 5.74) is 3.03. The molecule has 6 nitrogen and oxygen atoms in total. The molecule has 2 aromatic rings. The first-order valence-electron chi connectivity index (χ1n) is 9.85. The van der Waals surface area contributed by atoms with E-state index in [4.69, 9.17) is 4.99 Å². The summed E-state index contributed by atoms with van der Waals surface area (Å²) in [6.45, 7) is 7.37. The van der Waals surface area contributed by atoms with E-state index in [9.17, 15) is 4.79 Å². The van der Waals surface area contributed by atoms with Gasteiger partial charge in [0.1, 0.15) is 0 Å². The Morgan fingerprint density at radius 2 is 1.66 bits per heavy atom. The van der Waals surface area contributed by atoms with Crippen LogP contribution in [0.4, 0.5) is 5.69 Å². The van der Waals surface area contributed by atoms with Crippen LogP contribution in [0, 0.1) is 0 Å². The summed E-state index contributed by atoms with van der Waals surface area (Å²) >= 11 is 0. The van der Waals surface area contributed by atoms with Crippen molar-refractivity contribution in [2.75, 3.05) is 44.7 Å². The second-order valence-corrected chi connectivity index (χ2v) is 6.76. The SMILES string of the molecule is CCNC(=NCc1ccc(C(=O)NC)cc1)N1CCN(c2ccccc2)CC1.I. The van der Waals surface area contributed by atoms with Gasteiger partial charge in [-0.25, -0.2) is 4.99 Å². The standard InChI is InChI=1S/C22H29N5O.HI/c1-3-24-22(25-17-18-9-11-19(12-10-18)21(28)23-2)27-15-13-26(14-16-27)20-7-5-4-6-8-20;/h4-12H,3,13-17H2,1-2H3,(H,23,28)(H,24,25);1H. The van der Waals surface area contributed by atoms with Gasteiger partial charge in [0, 0.05) is 51.0 Å². The molecule has 1 amide bonds. The van der Waals surface area contributed by atoms with Crippen molar-refractivity contribution in [1.82, 2.24) is 15.5 Å². The highest BCUT2D eigenvalue weighted by atomic mass is 127. The number of carbonyl (C=O) groups is 1. The molecule has 29 heavy (non-hydrogen) atoms. The molecule has 156 valence electrons. The third kappa shape index (κ3) is 6.35. The highest BCUT2D eigenvalue weighted by molar-refractivity contribution is 14.0. The van der Waals surface area contributed by atoms with Crippen LogP contribution in [0.15, 0.2) is 59.6 Å². The highest BCUT2D eigenvalue weighted by Crippen LogP contribution is 2.15. The number of nitrogens with one attached hydrogen (secondary N) is 2. The smallest absolute Gasteiger partial charge is 0.251 e. The zero-order valence-corrected chi connectivity index (χ0v) is 19.4. The third-order valence-corrected chi connectivity index (χ3v) is 4.89. The molecule has 0 atom stereocenters. The van der Waals surface area contributed by atoms with Crippen LogP contribution in [0.3, 0.4) is 0 Å². The molecule has 1 aliphatic rings. The minimum absolute atomic E-state index is 0. The zero-order valence-electron chi connectivity index (χ0n) is 17.1. The molecule has 3 rings (SSSR count). The lowest BCUT2D eigenvalue weighted by Crippen LogP contribution is -2.52.